The molecule has 4 aliphatic carbocycles. The number of aryl methyl sites for hydroxylation is 1. The van der Waals surface area contributed by atoms with Gasteiger partial charge in [-0.15, -0.1) is 11.3 Å². The summed E-state index contributed by atoms with van der Waals surface area (Å²) in [5.74, 6) is 0. The quantitative estimate of drug-likeness (QED) is 0.171. The number of rotatable bonds is 3. The Kier molecular flexibility index (Phi) is 7.36. The highest BCUT2D eigenvalue weighted by Crippen LogP contribution is 2.68. The molecular weight excluding hydrogens is 851 g/mol. The Morgan fingerprint density at radius 2 is 0.696 bits per heavy atom. The van der Waals surface area contributed by atoms with Gasteiger partial charge in [0, 0.05) is 26.6 Å². The smallest absolute Gasteiger partial charge is 0.0726 e. The van der Waals surface area contributed by atoms with Crippen molar-refractivity contribution in [2.75, 3.05) is 4.90 Å². The predicted octanol–water partition coefficient (Wildman–Crippen LogP) is 17.7. The topological polar surface area (TPSA) is 3.24 Å². The fraction of sp³-hybridized carbons (Fsp3) is 0.0448. The third kappa shape index (κ3) is 4.48. The molecule has 16 rings (SSSR count). The van der Waals surface area contributed by atoms with Crippen LogP contribution in [0.4, 0.5) is 17.1 Å². The van der Waals surface area contributed by atoms with E-state index in [1.807, 2.05) is 11.3 Å². The van der Waals surface area contributed by atoms with Crippen molar-refractivity contribution >= 4 is 59.3 Å². The summed E-state index contributed by atoms with van der Waals surface area (Å²) < 4.78 is 2.64. The van der Waals surface area contributed by atoms with Crippen molar-refractivity contribution in [3.05, 3.63) is 281 Å². The van der Waals surface area contributed by atoms with E-state index in [2.05, 4.69) is 242 Å². The van der Waals surface area contributed by atoms with Crippen molar-refractivity contribution in [1.82, 2.24) is 0 Å². The molecular formula is C67H41NS. The lowest BCUT2D eigenvalue weighted by Gasteiger charge is -2.33. The van der Waals surface area contributed by atoms with Crippen LogP contribution >= 0.6 is 11.3 Å². The molecule has 320 valence electrons. The van der Waals surface area contributed by atoms with Crippen LogP contribution in [0.1, 0.15) is 50.1 Å². The van der Waals surface area contributed by atoms with E-state index in [1.165, 1.54) is 143 Å². The standard InChI is InChI=1S/C67H41NS/c1-40-19-16-28-49-61-42-21-3-2-20-41(42)39-60(65(61)69-64(40)49)68(58-37-17-35-56-62(58)47-26-8-14-33-54(47)66(56)50-29-10-4-22-43(50)44-23-5-11-30-51(44)66)59-38-18-36-57-63(59)48-27-9-15-34-55(48)67(57)52-31-12-6-24-45(52)46-25-7-13-32-53(46)67/h2-39H,1H3. The van der Waals surface area contributed by atoms with Gasteiger partial charge in [-0.05, 0) is 119 Å². The predicted molar refractivity (Wildman–Crippen MR) is 289 cm³/mol. The van der Waals surface area contributed by atoms with E-state index in [4.69, 9.17) is 0 Å². The van der Waals surface area contributed by atoms with Crippen LogP contribution in [0.3, 0.4) is 0 Å². The molecule has 4 aliphatic rings. The lowest BCUT2D eigenvalue weighted by molar-refractivity contribution is 0.793. The van der Waals surface area contributed by atoms with Crippen molar-refractivity contribution in [2.45, 2.75) is 17.8 Å². The van der Waals surface area contributed by atoms with Gasteiger partial charge in [0.1, 0.15) is 0 Å². The molecule has 0 N–H and O–H groups in total. The average Bonchev–Trinajstić information content (AvgIpc) is 4.19. The van der Waals surface area contributed by atoms with E-state index in [1.54, 1.807) is 0 Å². The largest absolute Gasteiger partial charge is 0.308 e. The maximum atomic E-state index is 2.70. The monoisotopic (exact) mass is 891 g/mol. The first kappa shape index (κ1) is 37.8. The summed E-state index contributed by atoms with van der Waals surface area (Å²) in [6.07, 6.45) is 0. The molecule has 0 radical (unpaired) electrons. The van der Waals surface area contributed by atoms with Gasteiger partial charge in [-0.2, -0.15) is 0 Å². The molecule has 11 aromatic carbocycles. The molecule has 1 nitrogen and oxygen atoms in total. The summed E-state index contributed by atoms with van der Waals surface area (Å²) in [6, 6.07) is 87.9. The van der Waals surface area contributed by atoms with Gasteiger partial charge in [0.15, 0.2) is 0 Å². The Balaban J connectivity index is 1.08. The van der Waals surface area contributed by atoms with Crippen LogP contribution in [0.5, 0.6) is 0 Å². The Morgan fingerprint density at radius 3 is 1.19 bits per heavy atom. The second-order valence-corrected chi connectivity index (χ2v) is 20.4. The van der Waals surface area contributed by atoms with Crippen molar-refractivity contribution in [2.24, 2.45) is 0 Å². The zero-order valence-corrected chi connectivity index (χ0v) is 38.6. The highest BCUT2D eigenvalue weighted by atomic mass is 32.1. The SMILES string of the molecule is Cc1cccc2c1sc1c(N(c3cccc4c3-c3ccccc3C43c4ccccc4-c4ccccc43)c3cccc4c3-c3ccccc3C43c4ccccc4-c4ccccc43)cc3ccccc3c12. The van der Waals surface area contributed by atoms with Crippen LogP contribution in [0.15, 0.2) is 231 Å². The van der Waals surface area contributed by atoms with Gasteiger partial charge < -0.3 is 4.90 Å². The van der Waals surface area contributed by atoms with Gasteiger partial charge in [-0.1, -0.05) is 212 Å². The van der Waals surface area contributed by atoms with Crippen LogP contribution in [0.2, 0.25) is 0 Å². The summed E-state index contributed by atoms with van der Waals surface area (Å²) in [5, 5.41) is 5.16. The fourth-order valence-electron chi connectivity index (χ4n) is 13.9. The highest BCUT2D eigenvalue weighted by molar-refractivity contribution is 7.26. The number of benzene rings is 11. The maximum Gasteiger partial charge on any atom is 0.0726 e. The second kappa shape index (κ2) is 13.4. The van der Waals surface area contributed by atoms with E-state index in [0.717, 1.165) is 0 Å². The van der Waals surface area contributed by atoms with Crippen LogP contribution < -0.4 is 4.90 Å². The van der Waals surface area contributed by atoms with Crippen molar-refractivity contribution in [1.29, 1.82) is 0 Å². The normalized spacial score (nSPS) is 14.4. The molecule has 0 saturated heterocycles. The zero-order valence-electron chi connectivity index (χ0n) is 37.8. The zero-order chi connectivity index (χ0) is 45.2. The lowest BCUT2D eigenvalue weighted by Crippen LogP contribution is -2.26. The summed E-state index contributed by atoms with van der Waals surface area (Å²) in [7, 11) is 0. The van der Waals surface area contributed by atoms with Crippen LogP contribution in [0, 0.1) is 6.92 Å². The van der Waals surface area contributed by atoms with Gasteiger partial charge in [-0.25, -0.2) is 0 Å². The van der Waals surface area contributed by atoms with E-state index >= 15 is 0 Å². The van der Waals surface area contributed by atoms with Gasteiger partial charge >= 0.3 is 0 Å². The number of fused-ring (bicyclic) bond motifs is 25. The first-order chi connectivity index (χ1) is 34.2. The summed E-state index contributed by atoms with van der Waals surface area (Å²) >= 11 is 1.94. The van der Waals surface area contributed by atoms with Gasteiger partial charge in [0.25, 0.3) is 0 Å². The first-order valence-corrected chi connectivity index (χ1v) is 25.0. The number of hydrogen-bond acceptors (Lipinski definition) is 2. The molecule has 1 aromatic heterocycles. The molecule has 0 unspecified atom stereocenters. The maximum absolute atomic E-state index is 2.70. The molecule has 0 fully saturated rings. The third-order valence-electron chi connectivity index (χ3n) is 16.4. The molecule has 0 saturated carbocycles. The Bertz CT molecular complexity index is 3960. The Hall–Kier alpha value is -8.30. The van der Waals surface area contributed by atoms with Gasteiger partial charge in [0.2, 0.25) is 0 Å². The van der Waals surface area contributed by atoms with Gasteiger partial charge in [0.05, 0.1) is 32.6 Å². The highest BCUT2D eigenvalue weighted by Gasteiger charge is 2.54. The summed E-state index contributed by atoms with van der Waals surface area (Å²) in [6.45, 7) is 2.27. The van der Waals surface area contributed by atoms with E-state index < -0.39 is 10.8 Å². The Morgan fingerprint density at radius 1 is 0.319 bits per heavy atom. The lowest BCUT2D eigenvalue weighted by atomic mass is 9.70. The molecule has 0 bridgehead atoms. The average molecular weight is 892 g/mol. The van der Waals surface area contributed by atoms with Crippen molar-refractivity contribution < 1.29 is 0 Å². The molecule has 2 spiro atoms. The molecule has 0 amide bonds. The number of nitrogens with zero attached hydrogens (tertiary/aromatic N) is 1. The van der Waals surface area contributed by atoms with Gasteiger partial charge in [-0.3, -0.25) is 0 Å². The first-order valence-electron chi connectivity index (χ1n) is 24.2. The molecule has 0 aliphatic heterocycles. The van der Waals surface area contributed by atoms with E-state index in [9.17, 15) is 0 Å². The fourth-order valence-corrected chi connectivity index (χ4v) is 15.2. The molecule has 0 atom stereocenters. The minimum absolute atomic E-state index is 0.485. The second-order valence-electron chi connectivity index (χ2n) is 19.4. The number of hydrogen-bond donors (Lipinski definition) is 0. The molecule has 2 heteroatoms. The summed E-state index contributed by atoms with van der Waals surface area (Å²) in [5.41, 5.74) is 25.0. The van der Waals surface area contributed by atoms with E-state index in [0.29, 0.717) is 0 Å². The molecule has 12 aromatic rings. The number of anilines is 3. The minimum atomic E-state index is -0.485. The van der Waals surface area contributed by atoms with Crippen LogP contribution in [-0.4, -0.2) is 0 Å². The number of thiophene rings is 1. The van der Waals surface area contributed by atoms with E-state index in [-0.39, 0.29) is 0 Å². The third-order valence-corrected chi connectivity index (χ3v) is 17.8. The molecule has 69 heavy (non-hydrogen) atoms. The summed E-state index contributed by atoms with van der Waals surface area (Å²) in [4.78, 5) is 2.70. The molecule has 1 heterocycles. The minimum Gasteiger partial charge on any atom is -0.308 e. The van der Waals surface area contributed by atoms with Crippen LogP contribution in [-0.2, 0) is 10.8 Å². The van der Waals surface area contributed by atoms with Crippen molar-refractivity contribution in [3.8, 4) is 44.5 Å². The van der Waals surface area contributed by atoms with Crippen molar-refractivity contribution in [3.63, 3.8) is 0 Å². The Labute approximate surface area is 404 Å². The van der Waals surface area contributed by atoms with Crippen LogP contribution in [0.25, 0.3) is 75.5 Å².